The number of amides is 1. The first-order valence-electron chi connectivity index (χ1n) is 3.99. The van der Waals surface area contributed by atoms with Crippen LogP contribution in [0, 0.1) is 6.92 Å². The van der Waals surface area contributed by atoms with Crippen molar-refractivity contribution in [3.63, 3.8) is 0 Å². The molecule has 2 aromatic rings. The fraction of sp³-hybridized carbons (Fsp3) is 0.111. The first-order valence-corrected chi connectivity index (χ1v) is 4.87. The summed E-state index contributed by atoms with van der Waals surface area (Å²) in [5, 5.41) is 2.29. The van der Waals surface area contributed by atoms with Crippen LogP contribution in [0.3, 0.4) is 0 Å². The van der Waals surface area contributed by atoms with Gasteiger partial charge in [-0.15, -0.1) is 11.3 Å². The summed E-state index contributed by atoms with van der Waals surface area (Å²) in [5.74, 6) is 0.964. The molecule has 0 saturated carbocycles. The number of rotatable bonds is 2. The summed E-state index contributed by atoms with van der Waals surface area (Å²) >= 11 is 1.34. The van der Waals surface area contributed by atoms with Gasteiger partial charge >= 0.3 is 0 Å². The van der Waals surface area contributed by atoms with Crippen LogP contribution < -0.4 is 5.73 Å². The molecule has 2 aromatic heterocycles. The van der Waals surface area contributed by atoms with Crippen LogP contribution in [0.15, 0.2) is 21.9 Å². The van der Waals surface area contributed by atoms with E-state index in [-0.39, 0.29) is 5.69 Å². The second-order valence-electron chi connectivity index (χ2n) is 2.81. The number of carbonyl (C=O) groups is 1. The average molecular weight is 208 g/mol. The molecule has 2 heterocycles. The van der Waals surface area contributed by atoms with E-state index in [0.717, 1.165) is 5.76 Å². The molecule has 0 radical (unpaired) electrons. The molecule has 0 aromatic carbocycles. The van der Waals surface area contributed by atoms with Gasteiger partial charge in [-0.25, -0.2) is 4.98 Å². The fourth-order valence-corrected chi connectivity index (χ4v) is 1.82. The lowest BCUT2D eigenvalue weighted by atomic mass is 10.4. The van der Waals surface area contributed by atoms with Crippen LogP contribution in [-0.2, 0) is 0 Å². The zero-order chi connectivity index (χ0) is 10.1. The Morgan fingerprint density at radius 3 is 2.86 bits per heavy atom. The number of aromatic nitrogens is 1. The molecule has 0 saturated heterocycles. The fourth-order valence-electron chi connectivity index (χ4n) is 1.05. The molecule has 2 N–H and O–H groups in total. The van der Waals surface area contributed by atoms with Gasteiger partial charge in [-0.2, -0.15) is 0 Å². The number of hydrogen-bond donors (Lipinski definition) is 1. The lowest BCUT2D eigenvalue weighted by Gasteiger charge is -1.87. The van der Waals surface area contributed by atoms with Crippen LogP contribution >= 0.6 is 11.3 Å². The van der Waals surface area contributed by atoms with Crippen LogP contribution in [0.1, 0.15) is 16.2 Å². The lowest BCUT2D eigenvalue weighted by molar-refractivity contribution is 0.0996. The highest BCUT2D eigenvalue weighted by molar-refractivity contribution is 7.13. The van der Waals surface area contributed by atoms with Gasteiger partial charge in [0.1, 0.15) is 11.5 Å². The van der Waals surface area contributed by atoms with Gasteiger partial charge < -0.3 is 10.2 Å². The van der Waals surface area contributed by atoms with Crippen molar-refractivity contribution in [1.82, 2.24) is 4.98 Å². The minimum absolute atomic E-state index is 0.277. The van der Waals surface area contributed by atoms with Crippen molar-refractivity contribution in [2.24, 2.45) is 5.73 Å². The number of nitrogens with zero attached hydrogens (tertiary/aromatic N) is 1. The van der Waals surface area contributed by atoms with Gasteiger partial charge in [-0.3, -0.25) is 4.79 Å². The number of furan rings is 1. The van der Waals surface area contributed by atoms with Gasteiger partial charge in [-0.1, -0.05) is 0 Å². The Morgan fingerprint density at radius 1 is 1.57 bits per heavy atom. The van der Waals surface area contributed by atoms with Crippen molar-refractivity contribution in [2.75, 3.05) is 0 Å². The van der Waals surface area contributed by atoms with Crippen molar-refractivity contribution >= 4 is 17.2 Å². The summed E-state index contributed by atoms with van der Waals surface area (Å²) in [5.41, 5.74) is 5.36. The van der Waals surface area contributed by atoms with Crippen LogP contribution in [0.25, 0.3) is 10.8 Å². The molecular formula is C9H8N2O2S. The molecule has 0 aliphatic heterocycles. The highest BCUT2D eigenvalue weighted by Gasteiger charge is 2.10. The molecule has 14 heavy (non-hydrogen) atoms. The van der Waals surface area contributed by atoms with Crippen LogP contribution in [0.5, 0.6) is 0 Å². The molecule has 0 spiro atoms. The van der Waals surface area contributed by atoms with E-state index in [0.29, 0.717) is 10.8 Å². The van der Waals surface area contributed by atoms with Gasteiger partial charge in [0.25, 0.3) is 5.91 Å². The number of hydrogen-bond acceptors (Lipinski definition) is 4. The summed E-state index contributed by atoms with van der Waals surface area (Å²) in [4.78, 5) is 14.8. The van der Waals surface area contributed by atoms with Crippen LogP contribution in [0.4, 0.5) is 0 Å². The minimum atomic E-state index is -0.518. The molecule has 72 valence electrons. The van der Waals surface area contributed by atoms with Crippen molar-refractivity contribution < 1.29 is 9.21 Å². The normalized spacial score (nSPS) is 10.4. The zero-order valence-corrected chi connectivity index (χ0v) is 8.30. The summed E-state index contributed by atoms with van der Waals surface area (Å²) in [6.07, 6.45) is 0. The van der Waals surface area contributed by atoms with Crippen molar-refractivity contribution in [3.05, 3.63) is 29.0 Å². The van der Waals surface area contributed by atoms with E-state index in [2.05, 4.69) is 4.98 Å². The van der Waals surface area contributed by atoms with E-state index in [4.69, 9.17) is 10.2 Å². The lowest BCUT2D eigenvalue weighted by Crippen LogP contribution is -2.10. The highest BCUT2D eigenvalue weighted by atomic mass is 32.1. The standard InChI is InChI=1S/C9H8N2O2S/c1-5-2-3-7(13-5)9-11-6(4-14-9)8(10)12/h2-4H,1H3,(H2,10,12). The van der Waals surface area contributed by atoms with E-state index in [1.807, 2.05) is 19.1 Å². The van der Waals surface area contributed by atoms with Crippen molar-refractivity contribution in [1.29, 1.82) is 0 Å². The van der Waals surface area contributed by atoms with E-state index < -0.39 is 5.91 Å². The van der Waals surface area contributed by atoms with Gasteiger partial charge in [0, 0.05) is 5.38 Å². The zero-order valence-electron chi connectivity index (χ0n) is 7.48. The number of thiazole rings is 1. The molecule has 0 bridgehead atoms. The first kappa shape index (κ1) is 8.96. The molecule has 4 nitrogen and oxygen atoms in total. The Hall–Kier alpha value is -1.62. The molecule has 0 aliphatic rings. The van der Waals surface area contributed by atoms with Gasteiger partial charge in [0.05, 0.1) is 0 Å². The predicted octanol–water partition coefficient (Wildman–Crippen LogP) is 1.81. The first-order chi connectivity index (χ1) is 6.66. The summed E-state index contributed by atoms with van der Waals surface area (Å²) < 4.78 is 5.36. The Bertz CT molecular complexity index is 473. The Balaban J connectivity index is 2.38. The second-order valence-corrected chi connectivity index (χ2v) is 3.67. The maximum atomic E-state index is 10.8. The van der Waals surface area contributed by atoms with E-state index in [9.17, 15) is 4.79 Å². The third kappa shape index (κ3) is 1.54. The van der Waals surface area contributed by atoms with Gasteiger partial charge in [0.2, 0.25) is 0 Å². The third-order valence-electron chi connectivity index (χ3n) is 1.71. The second kappa shape index (κ2) is 3.26. The van der Waals surface area contributed by atoms with Crippen LogP contribution in [0.2, 0.25) is 0 Å². The highest BCUT2D eigenvalue weighted by Crippen LogP contribution is 2.25. The van der Waals surface area contributed by atoms with E-state index >= 15 is 0 Å². The molecule has 0 aliphatic carbocycles. The topological polar surface area (TPSA) is 69.1 Å². The molecule has 0 fully saturated rings. The summed E-state index contributed by atoms with van der Waals surface area (Å²) in [7, 11) is 0. The SMILES string of the molecule is Cc1ccc(-c2nc(C(N)=O)cs2)o1. The average Bonchev–Trinajstić information content (AvgIpc) is 2.70. The van der Waals surface area contributed by atoms with Crippen molar-refractivity contribution in [2.45, 2.75) is 6.92 Å². The number of carbonyl (C=O) groups excluding carboxylic acids is 1. The molecule has 5 heteroatoms. The molecule has 0 atom stereocenters. The summed E-state index contributed by atoms with van der Waals surface area (Å²) in [6.45, 7) is 1.85. The predicted molar refractivity (Wildman–Crippen MR) is 53.1 cm³/mol. The number of primary amides is 1. The third-order valence-corrected chi connectivity index (χ3v) is 2.56. The smallest absolute Gasteiger partial charge is 0.268 e. The van der Waals surface area contributed by atoms with Gasteiger partial charge in [0.15, 0.2) is 10.8 Å². The Kier molecular flexibility index (Phi) is 2.09. The quantitative estimate of drug-likeness (QED) is 0.818. The largest absolute Gasteiger partial charge is 0.459 e. The maximum Gasteiger partial charge on any atom is 0.268 e. The molecule has 1 amide bonds. The molecular weight excluding hydrogens is 200 g/mol. The Labute approximate surface area is 84.4 Å². The van der Waals surface area contributed by atoms with Crippen molar-refractivity contribution in [3.8, 4) is 10.8 Å². The van der Waals surface area contributed by atoms with E-state index in [1.54, 1.807) is 5.38 Å². The molecule has 0 unspecified atom stereocenters. The Morgan fingerprint density at radius 2 is 2.36 bits per heavy atom. The monoisotopic (exact) mass is 208 g/mol. The number of nitrogens with two attached hydrogens (primary N) is 1. The summed E-state index contributed by atoms with van der Waals surface area (Å²) in [6, 6.07) is 3.67. The van der Waals surface area contributed by atoms with Crippen LogP contribution in [-0.4, -0.2) is 10.9 Å². The van der Waals surface area contributed by atoms with E-state index in [1.165, 1.54) is 11.3 Å². The van der Waals surface area contributed by atoms with Gasteiger partial charge in [-0.05, 0) is 19.1 Å². The molecule has 2 rings (SSSR count). The number of aryl methyl sites for hydroxylation is 1. The maximum absolute atomic E-state index is 10.8. The minimum Gasteiger partial charge on any atom is -0.459 e.